The van der Waals surface area contributed by atoms with Crippen molar-refractivity contribution in [3.63, 3.8) is 0 Å². The van der Waals surface area contributed by atoms with E-state index in [0.717, 1.165) is 38.9 Å². The maximum absolute atomic E-state index is 11.6. The highest BCUT2D eigenvalue weighted by Gasteiger charge is 2.40. The standard InChI is InChI=1S/C23H35N3O/c1-4-18(14-17-8-6-5-7-9-17)20-15-21(20)25-19-10-12-26(13-11-19)16-23(2,3)22(24)27/h5-9,14,19-21,25H,4,10-13,15-16H2,1-3H3,(H2,24,27)/b18-14+/t20-,21+/m0/s1. The third-order valence-corrected chi connectivity index (χ3v) is 6.15. The highest BCUT2D eigenvalue weighted by atomic mass is 16.1. The van der Waals surface area contributed by atoms with Crippen molar-refractivity contribution in [2.45, 2.75) is 58.5 Å². The summed E-state index contributed by atoms with van der Waals surface area (Å²) < 4.78 is 0. The van der Waals surface area contributed by atoms with E-state index in [4.69, 9.17) is 5.73 Å². The predicted molar refractivity (Wildman–Crippen MR) is 112 cm³/mol. The Morgan fingerprint density at radius 1 is 1.26 bits per heavy atom. The van der Waals surface area contributed by atoms with Crippen LogP contribution in [0.4, 0.5) is 0 Å². The van der Waals surface area contributed by atoms with Crippen LogP contribution in [0, 0.1) is 11.3 Å². The highest BCUT2D eigenvalue weighted by molar-refractivity contribution is 5.80. The molecule has 1 aliphatic carbocycles. The van der Waals surface area contributed by atoms with E-state index in [9.17, 15) is 4.79 Å². The Balaban J connectivity index is 1.45. The van der Waals surface area contributed by atoms with Crippen molar-refractivity contribution in [1.29, 1.82) is 0 Å². The van der Waals surface area contributed by atoms with Crippen LogP contribution in [0.25, 0.3) is 6.08 Å². The van der Waals surface area contributed by atoms with Gasteiger partial charge in [0.1, 0.15) is 0 Å². The minimum atomic E-state index is -0.444. The fourth-order valence-corrected chi connectivity index (χ4v) is 4.22. The summed E-state index contributed by atoms with van der Waals surface area (Å²) >= 11 is 0. The zero-order valence-electron chi connectivity index (χ0n) is 17.1. The Morgan fingerprint density at radius 2 is 1.93 bits per heavy atom. The molecule has 148 valence electrons. The lowest BCUT2D eigenvalue weighted by Crippen LogP contribution is -2.48. The van der Waals surface area contributed by atoms with E-state index in [1.165, 1.54) is 12.0 Å². The van der Waals surface area contributed by atoms with Crippen molar-refractivity contribution in [2.75, 3.05) is 19.6 Å². The monoisotopic (exact) mass is 369 g/mol. The lowest BCUT2D eigenvalue weighted by atomic mass is 9.90. The minimum absolute atomic E-state index is 0.208. The van der Waals surface area contributed by atoms with Gasteiger partial charge >= 0.3 is 0 Å². The number of hydrogen-bond acceptors (Lipinski definition) is 3. The van der Waals surface area contributed by atoms with E-state index in [2.05, 4.69) is 53.5 Å². The topological polar surface area (TPSA) is 58.4 Å². The van der Waals surface area contributed by atoms with Gasteiger partial charge in [-0.25, -0.2) is 0 Å². The highest BCUT2D eigenvalue weighted by Crippen LogP contribution is 2.40. The number of primary amides is 1. The zero-order chi connectivity index (χ0) is 19.4. The molecular weight excluding hydrogens is 334 g/mol. The van der Waals surface area contributed by atoms with E-state index in [1.54, 1.807) is 5.57 Å². The smallest absolute Gasteiger partial charge is 0.224 e. The van der Waals surface area contributed by atoms with Crippen LogP contribution in [-0.2, 0) is 4.79 Å². The molecule has 4 heteroatoms. The first-order valence-corrected chi connectivity index (χ1v) is 10.4. The van der Waals surface area contributed by atoms with Gasteiger partial charge in [0.2, 0.25) is 5.91 Å². The molecule has 1 saturated heterocycles. The molecule has 0 bridgehead atoms. The van der Waals surface area contributed by atoms with Crippen LogP contribution >= 0.6 is 0 Å². The first kappa shape index (κ1) is 20.1. The van der Waals surface area contributed by atoms with Gasteiger partial charge < -0.3 is 16.0 Å². The summed E-state index contributed by atoms with van der Waals surface area (Å²) in [5.41, 5.74) is 7.95. The normalized spacial score (nSPS) is 24.8. The van der Waals surface area contributed by atoms with Gasteiger partial charge in [-0.1, -0.05) is 48.9 Å². The number of nitrogens with one attached hydrogen (secondary N) is 1. The number of rotatable bonds is 8. The van der Waals surface area contributed by atoms with Crippen LogP contribution in [0.15, 0.2) is 35.9 Å². The molecule has 2 aliphatic rings. The lowest BCUT2D eigenvalue weighted by Gasteiger charge is -2.36. The summed E-state index contributed by atoms with van der Waals surface area (Å²) in [6, 6.07) is 11.9. The molecule has 0 spiro atoms. The van der Waals surface area contributed by atoms with Gasteiger partial charge in [0.15, 0.2) is 0 Å². The number of carbonyl (C=O) groups is 1. The van der Waals surface area contributed by atoms with E-state index in [-0.39, 0.29) is 5.91 Å². The molecule has 2 fully saturated rings. The summed E-state index contributed by atoms with van der Waals surface area (Å²) in [5.74, 6) is 0.489. The first-order valence-electron chi connectivity index (χ1n) is 10.4. The Morgan fingerprint density at radius 3 is 2.52 bits per heavy atom. The number of nitrogens with zero attached hydrogens (tertiary/aromatic N) is 1. The van der Waals surface area contributed by atoms with Crippen molar-refractivity contribution >= 4 is 12.0 Å². The molecule has 27 heavy (non-hydrogen) atoms. The molecule has 1 aromatic rings. The first-order chi connectivity index (χ1) is 12.9. The number of amides is 1. The number of benzene rings is 1. The number of carbonyl (C=O) groups excluding carboxylic acids is 1. The molecule has 0 radical (unpaired) electrons. The molecule has 0 aromatic heterocycles. The molecule has 1 aliphatic heterocycles. The van der Waals surface area contributed by atoms with Crippen molar-refractivity contribution in [2.24, 2.45) is 17.1 Å². The SMILES string of the molecule is CC/C(=C\c1ccccc1)[C@@H]1C[C@H]1NC1CCN(CC(C)(C)C(N)=O)CC1. The minimum Gasteiger partial charge on any atom is -0.369 e. The van der Waals surface area contributed by atoms with Crippen LogP contribution in [0.1, 0.15) is 52.0 Å². The third-order valence-electron chi connectivity index (χ3n) is 6.15. The Hall–Kier alpha value is -1.65. The maximum Gasteiger partial charge on any atom is 0.224 e. The molecule has 1 heterocycles. The molecule has 1 saturated carbocycles. The van der Waals surface area contributed by atoms with Gasteiger partial charge in [0.05, 0.1) is 5.41 Å². The van der Waals surface area contributed by atoms with E-state index < -0.39 is 5.41 Å². The second-order valence-corrected chi connectivity index (χ2v) is 8.90. The average molecular weight is 370 g/mol. The Bertz CT molecular complexity index is 659. The van der Waals surface area contributed by atoms with E-state index in [1.807, 2.05) is 13.8 Å². The summed E-state index contributed by atoms with van der Waals surface area (Å²) in [5, 5.41) is 3.89. The van der Waals surface area contributed by atoms with Crippen LogP contribution in [0.3, 0.4) is 0 Å². The number of likely N-dealkylation sites (tertiary alicyclic amines) is 1. The second kappa shape index (κ2) is 8.57. The van der Waals surface area contributed by atoms with E-state index in [0.29, 0.717) is 18.0 Å². The largest absolute Gasteiger partial charge is 0.369 e. The zero-order valence-corrected chi connectivity index (χ0v) is 17.1. The summed E-state index contributed by atoms with van der Waals surface area (Å²) in [4.78, 5) is 13.9. The van der Waals surface area contributed by atoms with Crippen molar-refractivity contribution < 1.29 is 4.79 Å². The summed E-state index contributed by atoms with van der Waals surface area (Å²) in [6.07, 6.45) is 7.07. The Kier molecular flexibility index (Phi) is 6.38. The van der Waals surface area contributed by atoms with Crippen molar-refractivity contribution in [3.05, 3.63) is 41.5 Å². The second-order valence-electron chi connectivity index (χ2n) is 8.90. The molecule has 3 rings (SSSR count). The molecule has 3 N–H and O–H groups in total. The van der Waals surface area contributed by atoms with Crippen molar-refractivity contribution in [3.8, 4) is 0 Å². The van der Waals surface area contributed by atoms with Crippen LogP contribution < -0.4 is 11.1 Å². The molecular formula is C23H35N3O. The van der Waals surface area contributed by atoms with Crippen LogP contribution in [0.5, 0.6) is 0 Å². The van der Waals surface area contributed by atoms with Crippen LogP contribution in [-0.4, -0.2) is 42.5 Å². The fourth-order valence-electron chi connectivity index (χ4n) is 4.22. The molecule has 1 amide bonds. The van der Waals surface area contributed by atoms with E-state index >= 15 is 0 Å². The van der Waals surface area contributed by atoms with Gasteiger partial charge in [0.25, 0.3) is 0 Å². The van der Waals surface area contributed by atoms with Gasteiger partial charge in [-0.05, 0) is 64.1 Å². The Labute approximate surface area is 164 Å². The maximum atomic E-state index is 11.6. The quantitative estimate of drug-likeness (QED) is 0.738. The molecule has 4 nitrogen and oxygen atoms in total. The number of hydrogen-bond donors (Lipinski definition) is 2. The van der Waals surface area contributed by atoms with Gasteiger partial charge in [0, 0.05) is 18.6 Å². The summed E-state index contributed by atoms with van der Waals surface area (Å²) in [6.45, 7) is 9.02. The number of piperidine rings is 1. The molecule has 2 atom stereocenters. The third kappa shape index (κ3) is 5.43. The molecule has 1 aromatic carbocycles. The molecule has 0 unspecified atom stereocenters. The van der Waals surface area contributed by atoms with Gasteiger partial charge in [-0.15, -0.1) is 0 Å². The lowest BCUT2D eigenvalue weighted by molar-refractivity contribution is -0.127. The van der Waals surface area contributed by atoms with Crippen LogP contribution in [0.2, 0.25) is 0 Å². The van der Waals surface area contributed by atoms with Gasteiger partial charge in [-0.3, -0.25) is 4.79 Å². The van der Waals surface area contributed by atoms with Crippen molar-refractivity contribution in [1.82, 2.24) is 10.2 Å². The predicted octanol–water partition coefficient (Wildman–Crippen LogP) is 3.43. The average Bonchev–Trinajstić information content (AvgIpc) is 3.41. The summed E-state index contributed by atoms with van der Waals surface area (Å²) in [7, 11) is 0. The van der Waals surface area contributed by atoms with Gasteiger partial charge in [-0.2, -0.15) is 0 Å². The fraction of sp³-hybridized carbons (Fsp3) is 0.609. The number of nitrogens with two attached hydrogens (primary N) is 1.